The molecule has 48 valence electrons. The van der Waals surface area contributed by atoms with Crippen molar-refractivity contribution in [3.63, 3.8) is 0 Å². The van der Waals surface area contributed by atoms with Gasteiger partial charge in [0.2, 0.25) is 0 Å². The standard InChI is InChI=1S/C7H8O2.Li/c1-9-7-4-2-3-6(8)5-7;/h2-5,8H,1H3;/q;+1/p-1. The SMILES string of the molecule is COc1cccc([O-])c1.[Li+]. The Morgan fingerprint density at radius 2 is 2.10 bits per heavy atom. The van der Waals surface area contributed by atoms with Gasteiger partial charge in [-0.15, -0.1) is 5.75 Å². The van der Waals surface area contributed by atoms with Gasteiger partial charge in [0.15, 0.2) is 0 Å². The van der Waals surface area contributed by atoms with Crippen LogP contribution < -0.4 is 28.7 Å². The predicted octanol–water partition coefficient (Wildman–Crippen LogP) is -2.23. The Balaban J connectivity index is 0.000000810. The van der Waals surface area contributed by atoms with Gasteiger partial charge in [-0.25, -0.2) is 0 Å². The number of rotatable bonds is 1. The van der Waals surface area contributed by atoms with Gasteiger partial charge in [0.25, 0.3) is 0 Å². The molecule has 0 saturated carbocycles. The van der Waals surface area contributed by atoms with E-state index in [4.69, 9.17) is 4.74 Å². The van der Waals surface area contributed by atoms with E-state index in [1.807, 2.05) is 0 Å². The smallest absolute Gasteiger partial charge is 0.872 e. The summed E-state index contributed by atoms with van der Waals surface area (Å²) in [5, 5.41) is 10.6. The summed E-state index contributed by atoms with van der Waals surface area (Å²) in [5.41, 5.74) is 0. The van der Waals surface area contributed by atoms with Crippen LogP contribution in [0.15, 0.2) is 24.3 Å². The largest absolute Gasteiger partial charge is 1.00 e. The van der Waals surface area contributed by atoms with Crippen molar-refractivity contribution in [2.45, 2.75) is 0 Å². The van der Waals surface area contributed by atoms with E-state index in [-0.39, 0.29) is 24.6 Å². The van der Waals surface area contributed by atoms with E-state index in [1.165, 1.54) is 19.2 Å². The van der Waals surface area contributed by atoms with Crippen LogP contribution in [0.2, 0.25) is 0 Å². The van der Waals surface area contributed by atoms with Crippen molar-refractivity contribution >= 4 is 0 Å². The van der Waals surface area contributed by atoms with Crippen molar-refractivity contribution < 1.29 is 28.7 Å². The number of hydrogen-bond acceptors (Lipinski definition) is 2. The fourth-order valence-electron chi connectivity index (χ4n) is 0.601. The predicted molar refractivity (Wildman–Crippen MR) is 32.4 cm³/mol. The van der Waals surface area contributed by atoms with E-state index in [1.54, 1.807) is 12.1 Å². The molecule has 0 amide bonds. The Bertz CT molecular complexity index is 201. The molecule has 1 rings (SSSR count). The van der Waals surface area contributed by atoms with Crippen LogP contribution in [0.5, 0.6) is 11.5 Å². The molecule has 2 nitrogen and oxygen atoms in total. The van der Waals surface area contributed by atoms with Gasteiger partial charge in [0.05, 0.1) is 7.11 Å². The van der Waals surface area contributed by atoms with Crippen molar-refractivity contribution in [1.29, 1.82) is 0 Å². The van der Waals surface area contributed by atoms with E-state index in [0.717, 1.165) is 0 Å². The first kappa shape index (κ1) is 9.42. The molecule has 10 heavy (non-hydrogen) atoms. The molecule has 0 unspecified atom stereocenters. The molecular formula is C7H7LiO2. The van der Waals surface area contributed by atoms with E-state index in [0.29, 0.717) is 5.75 Å². The van der Waals surface area contributed by atoms with Gasteiger partial charge in [0.1, 0.15) is 5.75 Å². The first-order chi connectivity index (χ1) is 4.33. The summed E-state index contributed by atoms with van der Waals surface area (Å²) in [5.74, 6) is 0.594. The molecule has 0 saturated heterocycles. The van der Waals surface area contributed by atoms with Gasteiger partial charge in [-0.2, -0.15) is 0 Å². The van der Waals surface area contributed by atoms with E-state index in [2.05, 4.69) is 0 Å². The summed E-state index contributed by atoms with van der Waals surface area (Å²) < 4.78 is 4.80. The van der Waals surface area contributed by atoms with Gasteiger partial charge in [0, 0.05) is 0 Å². The molecule has 3 heteroatoms. The molecule has 1 aromatic carbocycles. The summed E-state index contributed by atoms with van der Waals surface area (Å²) >= 11 is 0. The summed E-state index contributed by atoms with van der Waals surface area (Å²) in [6, 6.07) is 6.34. The Hall–Kier alpha value is -0.583. The van der Waals surface area contributed by atoms with Crippen molar-refractivity contribution in [2.24, 2.45) is 0 Å². The Kier molecular flexibility index (Phi) is 4.02. The fraction of sp³-hybridized carbons (Fsp3) is 0.143. The molecule has 0 aliphatic rings. The third kappa shape index (κ3) is 2.34. The minimum absolute atomic E-state index is 0. The van der Waals surface area contributed by atoms with Crippen LogP contribution in [0.4, 0.5) is 0 Å². The van der Waals surface area contributed by atoms with Crippen molar-refractivity contribution in [1.82, 2.24) is 0 Å². The third-order valence-electron chi connectivity index (χ3n) is 1.04. The Morgan fingerprint density at radius 3 is 2.50 bits per heavy atom. The fourth-order valence-corrected chi connectivity index (χ4v) is 0.601. The summed E-state index contributed by atoms with van der Waals surface area (Å²) in [7, 11) is 1.54. The monoisotopic (exact) mass is 130 g/mol. The van der Waals surface area contributed by atoms with Gasteiger partial charge in [-0.1, -0.05) is 12.1 Å². The molecule has 0 atom stereocenters. The van der Waals surface area contributed by atoms with Crippen LogP contribution in [-0.2, 0) is 0 Å². The van der Waals surface area contributed by atoms with Crippen LogP contribution in [0.1, 0.15) is 0 Å². The van der Waals surface area contributed by atoms with Crippen LogP contribution in [0, 0.1) is 0 Å². The van der Waals surface area contributed by atoms with Crippen LogP contribution >= 0.6 is 0 Å². The number of benzene rings is 1. The van der Waals surface area contributed by atoms with Crippen LogP contribution in [0.25, 0.3) is 0 Å². The number of ether oxygens (including phenoxy) is 1. The molecule has 1 aromatic rings. The minimum Gasteiger partial charge on any atom is -0.872 e. The quantitative estimate of drug-likeness (QED) is 0.403. The number of hydrogen-bond donors (Lipinski definition) is 0. The topological polar surface area (TPSA) is 32.3 Å². The summed E-state index contributed by atoms with van der Waals surface area (Å²) in [6.45, 7) is 0. The van der Waals surface area contributed by atoms with Gasteiger partial charge in [-0.3, -0.25) is 0 Å². The average molecular weight is 130 g/mol. The second kappa shape index (κ2) is 4.27. The molecular weight excluding hydrogens is 123 g/mol. The summed E-state index contributed by atoms with van der Waals surface area (Å²) in [4.78, 5) is 0. The maximum Gasteiger partial charge on any atom is 1.00 e. The van der Waals surface area contributed by atoms with Gasteiger partial charge >= 0.3 is 18.9 Å². The van der Waals surface area contributed by atoms with Crippen LogP contribution in [-0.4, -0.2) is 7.11 Å². The maximum atomic E-state index is 10.6. The van der Waals surface area contributed by atoms with Gasteiger partial charge in [-0.05, 0) is 12.1 Å². The number of methoxy groups -OCH3 is 1. The average Bonchev–Trinajstić information content (AvgIpc) is 1.88. The van der Waals surface area contributed by atoms with E-state index in [9.17, 15) is 5.11 Å². The molecule has 0 fully saturated rings. The zero-order valence-electron chi connectivity index (χ0n) is 6.13. The molecule has 0 N–H and O–H groups in total. The molecule has 0 aromatic heterocycles. The first-order valence-electron chi connectivity index (χ1n) is 2.64. The Labute approximate surface area is 72.0 Å². The second-order valence-electron chi connectivity index (χ2n) is 1.68. The molecule has 0 heterocycles. The second-order valence-corrected chi connectivity index (χ2v) is 1.68. The van der Waals surface area contributed by atoms with Crippen molar-refractivity contribution in [3.05, 3.63) is 24.3 Å². The Morgan fingerprint density at radius 1 is 1.40 bits per heavy atom. The van der Waals surface area contributed by atoms with Crippen molar-refractivity contribution in [2.75, 3.05) is 7.11 Å². The molecule has 0 spiro atoms. The molecule has 0 bridgehead atoms. The third-order valence-corrected chi connectivity index (χ3v) is 1.04. The zero-order valence-corrected chi connectivity index (χ0v) is 6.13. The minimum atomic E-state index is -0.0191. The zero-order chi connectivity index (χ0) is 6.69. The molecule has 0 aliphatic heterocycles. The van der Waals surface area contributed by atoms with Crippen LogP contribution in [0.3, 0.4) is 0 Å². The normalized spacial score (nSPS) is 8.10. The maximum absolute atomic E-state index is 10.6. The van der Waals surface area contributed by atoms with Gasteiger partial charge < -0.3 is 9.84 Å². The molecule has 0 aliphatic carbocycles. The van der Waals surface area contributed by atoms with E-state index < -0.39 is 0 Å². The van der Waals surface area contributed by atoms with Crippen molar-refractivity contribution in [3.8, 4) is 11.5 Å². The molecule has 0 radical (unpaired) electrons. The first-order valence-corrected chi connectivity index (χ1v) is 2.64. The van der Waals surface area contributed by atoms with E-state index >= 15 is 0 Å². The summed E-state index contributed by atoms with van der Waals surface area (Å²) in [6.07, 6.45) is 0.